The van der Waals surface area contributed by atoms with Crippen molar-refractivity contribution in [3.05, 3.63) is 83.6 Å². The second kappa shape index (κ2) is 10.4. The molecular formula is C30H29N3O5. The van der Waals surface area contributed by atoms with E-state index in [4.69, 9.17) is 19.3 Å². The van der Waals surface area contributed by atoms with Gasteiger partial charge in [-0.25, -0.2) is 0 Å². The van der Waals surface area contributed by atoms with Gasteiger partial charge in [0, 0.05) is 18.2 Å². The number of fused-ring (bicyclic) bond motifs is 1. The van der Waals surface area contributed by atoms with E-state index < -0.39 is 5.97 Å². The zero-order chi connectivity index (χ0) is 26.8. The maximum absolute atomic E-state index is 12.8. The van der Waals surface area contributed by atoms with Crippen LogP contribution in [-0.4, -0.2) is 28.4 Å². The van der Waals surface area contributed by atoms with Crippen LogP contribution < -0.4 is 19.5 Å². The number of esters is 1. The Morgan fingerprint density at radius 1 is 1.00 bits per heavy atom. The maximum atomic E-state index is 12.8. The number of hydrogen-bond acceptors (Lipinski definition) is 6. The van der Waals surface area contributed by atoms with Gasteiger partial charge in [0.15, 0.2) is 11.5 Å². The van der Waals surface area contributed by atoms with Gasteiger partial charge in [-0.2, -0.15) is 9.78 Å². The maximum Gasteiger partial charge on any atom is 0.309 e. The third-order valence-electron chi connectivity index (χ3n) is 6.10. The summed E-state index contributed by atoms with van der Waals surface area (Å²) in [4.78, 5) is 24.9. The quantitative estimate of drug-likeness (QED) is 0.308. The Morgan fingerprint density at radius 2 is 1.71 bits per heavy atom. The molecule has 8 heteroatoms. The van der Waals surface area contributed by atoms with Crippen molar-refractivity contribution in [1.82, 2.24) is 9.78 Å². The summed E-state index contributed by atoms with van der Waals surface area (Å²) >= 11 is 0. The van der Waals surface area contributed by atoms with Gasteiger partial charge in [-0.3, -0.25) is 9.59 Å². The van der Waals surface area contributed by atoms with E-state index in [-0.39, 0.29) is 12.7 Å². The normalized spacial score (nSPS) is 12.0. The van der Waals surface area contributed by atoms with Crippen LogP contribution >= 0.6 is 0 Å². The molecule has 0 saturated carbocycles. The van der Waals surface area contributed by atoms with E-state index in [1.165, 1.54) is 6.92 Å². The lowest BCUT2D eigenvalue weighted by molar-refractivity contribution is -0.132. The minimum Gasteiger partial charge on any atom is -0.454 e. The molecule has 0 saturated heterocycles. The molecule has 0 atom stereocenters. The van der Waals surface area contributed by atoms with Gasteiger partial charge in [0.25, 0.3) is 5.91 Å². The minimum atomic E-state index is -0.428. The Labute approximate surface area is 221 Å². The predicted octanol–water partition coefficient (Wildman–Crippen LogP) is 5.95. The molecule has 1 N–H and O–H groups in total. The van der Waals surface area contributed by atoms with Crippen molar-refractivity contribution in [2.75, 3.05) is 12.1 Å². The van der Waals surface area contributed by atoms with E-state index in [0.29, 0.717) is 41.0 Å². The molecule has 1 amide bonds. The average Bonchev–Trinajstić information content (AvgIpc) is 3.48. The highest BCUT2D eigenvalue weighted by Crippen LogP contribution is 2.38. The lowest BCUT2D eigenvalue weighted by atomic mass is 9.99. The fourth-order valence-corrected chi connectivity index (χ4v) is 4.32. The number of hydrogen-bond donors (Lipinski definition) is 1. The van der Waals surface area contributed by atoms with E-state index >= 15 is 0 Å². The highest BCUT2D eigenvalue weighted by atomic mass is 16.7. The zero-order valence-corrected chi connectivity index (χ0v) is 21.8. The third-order valence-corrected chi connectivity index (χ3v) is 6.10. The summed E-state index contributed by atoms with van der Waals surface area (Å²) in [5.74, 6) is 1.19. The summed E-state index contributed by atoms with van der Waals surface area (Å²) < 4.78 is 18.1. The average molecular weight is 512 g/mol. The summed E-state index contributed by atoms with van der Waals surface area (Å²) in [6.07, 6.45) is 0.699. The van der Waals surface area contributed by atoms with Gasteiger partial charge in [0.1, 0.15) is 0 Å². The molecule has 0 unspecified atom stereocenters. The molecule has 0 bridgehead atoms. The molecule has 0 fully saturated rings. The highest BCUT2D eigenvalue weighted by molar-refractivity contribution is 6.04. The first-order chi connectivity index (χ1) is 18.3. The van der Waals surface area contributed by atoms with E-state index in [9.17, 15) is 9.59 Å². The Morgan fingerprint density at radius 3 is 2.39 bits per heavy atom. The molecule has 194 valence electrons. The molecule has 2 heterocycles. The summed E-state index contributed by atoms with van der Waals surface area (Å²) in [6.45, 7) is 7.79. The molecule has 1 aliphatic rings. The van der Waals surface area contributed by atoms with E-state index in [0.717, 1.165) is 28.1 Å². The molecule has 1 aromatic heterocycles. The Balaban J connectivity index is 1.48. The van der Waals surface area contributed by atoms with Crippen molar-refractivity contribution in [1.29, 1.82) is 0 Å². The van der Waals surface area contributed by atoms with Crippen molar-refractivity contribution in [3.8, 4) is 34.2 Å². The number of aryl methyl sites for hydroxylation is 1. The number of amides is 1. The van der Waals surface area contributed by atoms with Crippen LogP contribution in [0.5, 0.6) is 17.4 Å². The number of nitrogens with zero attached hydrogens (tertiary/aromatic N) is 2. The molecule has 0 spiro atoms. The molecule has 0 radical (unpaired) electrons. The van der Waals surface area contributed by atoms with E-state index in [2.05, 4.69) is 19.2 Å². The molecule has 5 rings (SSSR count). The van der Waals surface area contributed by atoms with E-state index in [1.54, 1.807) is 22.9 Å². The fourth-order valence-electron chi connectivity index (χ4n) is 4.32. The van der Waals surface area contributed by atoms with Crippen molar-refractivity contribution in [2.24, 2.45) is 5.92 Å². The summed E-state index contributed by atoms with van der Waals surface area (Å²) in [6, 6.07) is 20.4. The standard InChI is InChI=1S/C30H29N3O5/c1-18(2)15-25-28(30(38-20(4)34)33(32-25)24-12-5-19(3)6-13-24)21-7-10-23(11-8-21)31-29(35)22-9-14-26-27(16-22)37-17-36-26/h5-14,16,18H,15,17H2,1-4H3,(H,31,35). The number of carbonyl (C=O) groups is 2. The predicted molar refractivity (Wildman–Crippen MR) is 144 cm³/mol. The van der Waals surface area contributed by atoms with Gasteiger partial charge < -0.3 is 19.5 Å². The van der Waals surface area contributed by atoms with Gasteiger partial charge in [-0.15, -0.1) is 0 Å². The van der Waals surface area contributed by atoms with Gasteiger partial charge in [0.05, 0.1) is 16.9 Å². The number of aromatic nitrogens is 2. The highest BCUT2D eigenvalue weighted by Gasteiger charge is 2.24. The van der Waals surface area contributed by atoms with Crippen LogP contribution in [-0.2, 0) is 11.2 Å². The summed E-state index contributed by atoms with van der Waals surface area (Å²) in [5.41, 5.74) is 5.43. The van der Waals surface area contributed by atoms with E-state index in [1.807, 2.05) is 55.5 Å². The van der Waals surface area contributed by atoms with Crippen LogP contribution in [0.25, 0.3) is 16.8 Å². The number of anilines is 1. The van der Waals surface area contributed by atoms with Crippen LogP contribution in [0.2, 0.25) is 0 Å². The monoisotopic (exact) mass is 511 g/mol. The third kappa shape index (κ3) is 5.25. The molecule has 38 heavy (non-hydrogen) atoms. The van der Waals surface area contributed by atoms with Crippen LogP contribution in [0.15, 0.2) is 66.7 Å². The number of nitrogens with one attached hydrogen (secondary N) is 1. The van der Waals surface area contributed by atoms with Gasteiger partial charge in [-0.1, -0.05) is 43.7 Å². The van der Waals surface area contributed by atoms with Crippen LogP contribution in [0, 0.1) is 12.8 Å². The molecular weight excluding hydrogens is 482 g/mol. The first-order valence-corrected chi connectivity index (χ1v) is 12.5. The largest absolute Gasteiger partial charge is 0.454 e. The minimum absolute atomic E-state index is 0.149. The smallest absolute Gasteiger partial charge is 0.309 e. The fraction of sp³-hybridized carbons (Fsp3) is 0.233. The van der Waals surface area contributed by atoms with Crippen LogP contribution in [0.3, 0.4) is 0 Å². The first-order valence-electron chi connectivity index (χ1n) is 12.5. The van der Waals surface area contributed by atoms with Crippen molar-refractivity contribution < 1.29 is 23.8 Å². The molecule has 0 aliphatic carbocycles. The van der Waals surface area contributed by atoms with Crippen LogP contribution in [0.1, 0.15) is 42.4 Å². The number of benzene rings is 3. The second-order valence-corrected chi connectivity index (χ2v) is 9.67. The lowest BCUT2D eigenvalue weighted by Gasteiger charge is -2.11. The molecule has 1 aliphatic heterocycles. The molecule has 3 aromatic carbocycles. The van der Waals surface area contributed by atoms with Crippen molar-refractivity contribution in [3.63, 3.8) is 0 Å². The Hall–Kier alpha value is -4.59. The summed E-state index contributed by atoms with van der Waals surface area (Å²) in [7, 11) is 0. The Bertz CT molecular complexity index is 1490. The Kier molecular flexibility index (Phi) is 6.87. The second-order valence-electron chi connectivity index (χ2n) is 9.67. The summed E-state index contributed by atoms with van der Waals surface area (Å²) in [5, 5.41) is 7.78. The van der Waals surface area contributed by atoms with Gasteiger partial charge in [-0.05, 0) is 67.3 Å². The topological polar surface area (TPSA) is 91.7 Å². The van der Waals surface area contributed by atoms with Gasteiger partial charge >= 0.3 is 5.97 Å². The SMILES string of the molecule is CC(=O)Oc1c(-c2ccc(NC(=O)c3ccc4c(c3)OCO4)cc2)c(CC(C)C)nn1-c1ccc(C)cc1. The first kappa shape index (κ1) is 25.1. The van der Waals surface area contributed by atoms with Crippen molar-refractivity contribution >= 4 is 17.6 Å². The number of rotatable bonds is 7. The zero-order valence-electron chi connectivity index (χ0n) is 21.8. The molecule has 4 aromatic rings. The van der Waals surface area contributed by atoms with Crippen molar-refractivity contribution in [2.45, 2.75) is 34.1 Å². The lowest BCUT2D eigenvalue weighted by Crippen LogP contribution is -2.11. The number of carbonyl (C=O) groups excluding carboxylic acids is 2. The van der Waals surface area contributed by atoms with Crippen LogP contribution in [0.4, 0.5) is 5.69 Å². The number of ether oxygens (including phenoxy) is 3. The van der Waals surface area contributed by atoms with Gasteiger partial charge in [0.2, 0.25) is 12.7 Å². The molecule has 8 nitrogen and oxygen atoms in total.